The van der Waals surface area contributed by atoms with Crippen molar-refractivity contribution < 1.29 is 0 Å². The summed E-state index contributed by atoms with van der Waals surface area (Å²) in [4.78, 5) is 1.47. The van der Waals surface area contributed by atoms with Crippen LogP contribution < -0.4 is 5.32 Å². The highest BCUT2D eigenvalue weighted by molar-refractivity contribution is 7.09. The largest absolute Gasteiger partial charge is 0.383 e. The van der Waals surface area contributed by atoms with Gasteiger partial charge in [-0.15, -0.1) is 11.3 Å². The first-order chi connectivity index (χ1) is 8.33. The van der Waals surface area contributed by atoms with E-state index in [1.54, 1.807) is 0 Å². The summed E-state index contributed by atoms with van der Waals surface area (Å²) < 4.78 is 0. The Kier molecular flexibility index (Phi) is 3.08. The van der Waals surface area contributed by atoms with E-state index >= 15 is 0 Å². The lowest BCUT2D eigenvalue weighted by Crippen LogP contribution is -2.24. The monoisotopic (exact) mass is 263 g/mol. The van der Waals surface area contributed by atoms with Gasteiger partial charge in [-0.2, -0.15) is 0 Å². The normalized spacial score (nSPS) is 18.5. The zero-order chi connectivity index (χ0) is 11.7. The molecule has 1 aliphatic rings. The minimum absolute atomic E-state index is 0.680. The summed E-state index contributed by atoms with van der Waals surface area (Å²) in [7, 11) is 0. The van der Waals surface area contributed by atoms with Crippen LogP contribution in [-0.4, -0.2) is 6.54 Å². The number of anilines is 1. The molecule has 1 aliphatic heterocycles. The summed E-state index contributed by atoms with van der Waals surface area (Å²) in [5.74, 6) is 0.680. The second kappa shape index (κ2) is 4.71. The van der Waals surface area contributed by atoms with Crippen molar-refractivity contribution in [2.75, 3.05) is 11.9 Å². The predicted molar refractivity (Wildman–Crippen MR) is 75.2 cm³/mol. The first-order valence-electron chi connectivity index (χ1n) is 5.86. The smallest absolute Gasteiger partial charge is 0.0640 e. The maximum atomic E-state index is 6.17. The molecule has 0 fully saturated rings. The molecule has 2 heterocycles. The average Bonchev–Trinajstić information content (AvgIpc) is 2.82. The number of hydrogen-bond donors (Lipinski definition) is 1. The summed E-state index contributed by atoms with van der Waals surface area (Å²) >= 11 is 8.02. The molecule has 1 atom stereocenters. The van der Waals surface area contributed by atoms with Crippen molar-refractivity contribution >= 4 is 28.6 Å². The van der Waals surface area contributed by atoms with E-state index in [0.29, 0.717) is 5.92 Å². The fourth-order valence-corrected chi connectivity index (χ4v) is 3.51. The Morgan fingerprint density at radius 3 is 3.06 bits per heavy atom. The van der Waals surface area contributed by atoms with Gasteiger partial charge in [0.05, 0.1) is 10.7 Å². The lowest BCUT2D eigenvalue weighted by atomic mass is 9.91. The summed E-state index contributed by atoms with van der Waals surface area (Å²) in [6, 6.07) is 10.5. The Labute approximate surface area is 110 Å². The number of rotatable bonds is 2. The number of para-hydroxylation sites is 1. The quantitative estimate of drug-likeness (QED) is 0.855. The molecular formula is C14H14ClNS. The van der Waals surface area contributed by atoms with Gasteiger partial charge in [-0.25, -0.2) is 0 Å². The third-order valence-electron chi connectivity index (χ3n) is 3.25. The van der Waals surface area contributed by atoms with Gasteiger partial charge in [-0.05, 0) is 41.8 Å². The van der Waals surface area contributed by atoms with E-state index in [1.807, 2.05) is 23.5 Å². The summed E-state index contributed by atoms with van der Waals surface area (Å²) in [5, 5.41) is 6.46. The van der Waals surface area contributed by atoms with Gasteiger partial charge in [-0.3, -0.25) is 0 Å². The highest BCUT2D eigenvalue weighted by atomic mass is 35.5. The maximum absolute atomic E-state index is 6.17. The van der Waals surface area contributed by atoms with Crippen LogP contribution in [0.2, 0.25) is 5.02 Å². The maximum Gasteiger partial charge on any atom is 0.0640 e. The van der Waals surface area contributed by atoms with E-state index in [2.05, 4.69) is 28.9 Å². The first-order valence-corrected chi connectivity index (χ1v) is 7.12. The Hall–Kier alpha value is -0.990. The fraction of sp³-hybridized carbons (Fsp3) is 0.286. The van der Waals surface area contributed by atoms with Gasteiger partial charge in [0, 0.05) is 11.4 Å². The number of hydrogen-bond acceptors (Lipinski definition) is 2. The van der Waals surface area contributed by atoms with Crippen LogP contribution in [0.4, 0.5) is 5.69 Å². The van der Waals surface area contributed by atoms with Gasteiger partial charge in [0.2, 0.25) is 0 Å². The predicted octanol–water partition coefficient (Wildman–Crippen LogP) is 4.23. The zero-order valence-corrected chi connectivity index (χ0v) is 11.0. The van der Waals surface area contributed by atoms with Gasteiger partial charge in [-0.1, -0.05) is 29.8 Å². The third kappa shape index (κ3) is 2.33. The number of nitrogens with one attached hydrogen (secondary N) is 1. The van der Waals surface area contributed by atoms with Crippen LogP contribution in [0.1, 0.15) is 10.4 Å². The van der Waals surface area contributed by atoms with Crippen LogP contribution in [0.5, 0.6) is 0 Å². The van der Waals surface area contributed by atoms with Crippen molar-refractivity contribution in [3.8, 4) is 0 Å². The van der Waals surface area contributed by atoms with Gasteiger partial charge < -0.3 is 5.32 Å². The first kappa shape index (κ1) is 11.1. The molecule has 1 nitrogen and oxygen atoms in total. The molecule has 0 saturated carbocycles. The van der Waals surface area contributed by atoms with E-state index in [0.717, 1.165) is 30.1 Å². The second-order valence-electron chi connectivity index (χ2n) is 4.51. The molecule has 0 saturated heterocycles. The lowest BCUT2D eigenvalue weighted by Gasteiger charge is -2.26. The number of halogens is 1. The minimum Gasteiger partial charge on any atom is -0.383 e. The lowest BCUT2D eigenvalue weighted by molar-refractivity contribution is 0.539. The van der Waals surface area contributed by atoms with Crippen molar-refractivity contribution in [2.45, 2.75) is 12.8 Å². The standard InChI is InChI=1S/C14H14ClNS/c15-13-5-1-3-11-7-10(9-16-14(11)13)8-12-4-2-6-17-12/h1-6,10,16H,7-9H2. The molecule has 2 aromatic rings. The molecule has 88 valence electrons. The van der Waals surface area contributed by atoms with Gasteiger partial charge in [0.25, 0.3) is 0 Å². The molecule has 0 aliphatic carbocycles. The van der Waals surface area contributed by atoms with Gasteiger partial charge in [0.1, 0.15) is 0 Å². The molecular weight excluding hydrogens is 250 g/mol. The number of thiophene rings is 1. The van der Waals surface area contributed by atoms with Crippen molar-refractivity contribution in [1.82, 2.24) is 0 Å². The third-order valence-corrected chi connectivity index (χ3v) is 4.46. The molecule has 0 radical (unpaired) electrons. The molecule has 1 aromatic carbocycles. The van der Waals surface area contributed by atoms with Gasteiger partial charge >= 0.3 is 0 Å². The average molecular weight is 264 g/mol. The molecule has 0 amide bonds. The highest BCUT2D eigenvalue weighted by Crippen LogP contribution is 2.32. The van der Waals surface area contributed by atoms with E-state index < -0.39 is 0 Å². The molecule has 17 heavy (non-hydrogen) atoms. The second-order valence-corrected chi connectivity index (χ2v) is 5.95. The van der Waals surface area contributed by atoms with E-state index in [-0.39, 0.29) is 0 Å². The van der Waals surface area contributed by atoms with Gasteiger partial charge in [0.15, 0.2) is 0 Å². The van der Waals surface area contributed by atoms with E-state index in [1.165, 1.54) is 10.4 Å². The summed E-state index contributed by atoms with van der Waals surface area (Å²) in [5.41, 5.74) is 2.49. The fourth-order valence-electron chi connectivity index (χ4n) is 2.42. The summed E-state index contributed by atoms with van der Waals surface area (Å²) in [6.45, 7) is 1.02. The molecule has 1 unspecified atom stereocenters. The molecule has 1 N–H and O–H groups in total. The van der Waals surface area contributed by atoms with Crippen LogP contribution in [0.15, 0.2) is 35.7 Å². The molecule has 0 spiro atoms. The van der Waals surface area contributed by atoms with Crippen LogP contribution in [0.25, 0.3) is 0 Å². The zero-order valence-electron chi connectivity index (χ0n) is 9.45. The summed E-state index contributed by atoms with van der Waals surface area (Å²) in [6.07, 6.45) is 2.29. The Balaban J connectivity index is 1.77. The van der Waals surface area contributed by atoms with Crippen molar-refractivity contribution in [1.29, 1.82) is 0 Å². The molecule has 3 heteroatoms. The highest BCUT2D eigenvalue weighted by Gasteiger charge is 2.20. The Morgan fingerprint density at radius 2 is 2.24 bits per heavy atom. The number of fused-ring (bicyclic) bond motifs is 1. The number of benzene rings is 1. The molecule has 0 bridgehead atoms. The van der Waals surface area contributed by atoms with E-state index in [4.69, 9.17) is 11.6 Å². The van der Waals surface area contributed by atoms with Crippen LogP contribution in [-0.2, 0) is 12.8 Å². The van der Waals surface area contributed by atoms with E-state index in [9.17, 15) is 0 Å². The van der Waals surface area contributed by atoms with Crippen molar-refractivity contribution in [3.05, 3.63) is 51.2 Å². The van der Waals surface area contributed by atoms with Crippen LogP contribution >= 0.6 is 22.9 Å². The minimum atomic E-state index is 0.680. The van der Waals surface area contributed by atoms with Crippen LogP contribution in [0.3, 0.4) is 0 Å². The molecule has 1 aromatic heterocycles. The van der Waals surface area contributed by atoms with Crippen LogP contribution in [0, 0.1) is 5.92 Å². The SMILES string of the molecule is Clc1cccc2c1NCC(Cc1cccs1)C2. The Morgan fingerprint density at radius 1 is 1.29 bits per heavy atom. The van der Waals surface area contributed by atoms with Crippen molar-refractivity contribution in [3.63, 3.8) is 0 Å². The van der Waals surface area contributed by atoms with Crippen molar-refractivity contribution in [2.24, 2.45) is 5.92 Å². The molecule has 3 rings (SSSR count). The topological polar surface area (TPSA) is 12.0 Å². The Bertz CT molecular complexity index is 507.